The molecule has 0 radical (unpaired) electrons. The predicted molar refractivity (Wildman–Crippen MR) is 445 cm³/mol. The molecule has 7 fully saturated rings. The van der Waals surface area contributed by atoms with Crippen molar-refractivity contribution in [2.75, 3.05) is 166 Å². The van der Waals surface area contributed by atoms with Crippen LogP contribution >= 0.6 is 0 Å². The molecule has 2 bridgehead atoms. The molecule has 25 heteroatoms. The van der Waals surface area contributed by atoms with E-state index in [0.29, 0.717) is 78.2 Å². The average molecular weight is 1550 g/mol. The first kappa shape index (κ1) is 84.6. The average Bonchev–Trinajstić information content (AvgIpc) is 1.60. The summed E-state index contributed by atoms with van der Waals surface area (Å²) in [5, 5.41) is 22.6. The van der Waals surface area contributed by atoms with Gasteiger partial charge in [-0.2, -0.15) is 15.3 Å². The van der Waals surface area contributed by atoms with Crippen LogP contribution in [0.3, 0.4) is 0 Å². The van der Waals surface area contributed by atoms with Crippen molar-refractivity contribution < 1.29 is 28.8 Å². The third-order valence-electron chi connectivity index (χ3n) is 23.8. The molecule has 7 aromatic rings. The van der Waals surface area contributed by atoms with E-state index in [1.54, 1.807) is 0 Å². The van der Waals surface area contributed by atoms with Crippen LogP contribution in [0.15, 0.2) is 79.4 Å². The molecule has 11 aliphatic rings. The SMILES string of the molecule is CC(C)c1cc2n(n1)CCN(C)C2.CC(C)c1cc2n(n1)CCN(C1COC1)C2.CC(C)c1cc2n(n1)CCOC2.CC(C)c1ccc(N2C3CCC2CN(C2COC2)C3)cn1.CC(C)c1ccc(N2CCN(C3CCOC3)CC2)cn1.CC(C)c1ccc(N2CCN(CCO)CC2)cn1.CC(C)c1cn2c(n1)COCC2. The van der Waals surface area contributed by atoms with Gasteiger partial charge in [0.1, 0.15) is 12.4 Å². The van der Waals surface area contributed by atoms with Gasteiger partial charge in [0, 0.05) is 153 Å². The normalized spacial score (nSPS) is 21.6. The molecule has 7 saturated heterocycles. The number of likely N-dealkylation sites (N-methyl/N-ethyl adjacent to an activating group) is 1. The lowest BCUT2D eigenvalue weighted by atomic mass is 10.1. The Labute approximate surface area is 669 Å². The lowest BCUT2D eigenvalue weighted by Crippen LogP contribution is -2.60. The largest absolute Gasteiger partial charge is 0.395 e. The number of aliphatic hydroxyl groups excluding tert-OH is 1. The summed E-state index contributed by atoms with van der Waals surface area (Å²) in [6.07, 6.45) is 12.1. The third-order valence-corrected chi connectivity index (χ3v) is 23.8. The Morgan fingerprint density at radius 1 is 0.393 bits per heavy atom. The summed E-state index contributed by atoms with van der Waals surface area (Å²) in [5.74, 6) is 4.67. The number of ether oxygens (including phenoxy) is 5. The number of aliphatic hydroxyl groups is 1. The van der Waals surface area contributed by atoms with E-state index in [2.05, 4.69) is 264 Å². The molecule has 18 rings (SSSR count). The van der Waals surface area contributed by atoms with Crippen LogP contribution in [0.25, 0.3) is 0 Å². The number of aromatic nitrogens is 11. The van der Waals surface area contributed by atoms with Crippen molar-refractivity contribution in [2.45, 2.75) is 240 Å². The highest BCUT2D eigenvalue weighted by Crippen LogP contribution is 2.37. The maximum absolute atomic E-state index is 8.92. The molecule has 3 atom stereocenters. The lowest BCUT2D eigenvalue weighted by Gasteiger charge is -2.47. The van der Waals surface area contributed by atoms with Crippen LogP contribution in [-0.2, 0) is 76.2 Å². The fraction of sp³-hybridized carbons (Fsp3) is 0.690. The Kier molecular flexibility index (Phi) is 30.8. The fourth-order valence-corrected chi connectivity index (χ4v) is 16.2. The van der Waals surface area contributed by atoms with Crippen LogP contribution in [0.5, 0.6) is 0 Å². The highest BCUT2D eigenvalue weighted by atomic mass is 16.5. The summed E-state index contributed by atoms with van der Waals surface area (Å²) in [7, 11) is 2.16. The van der Waals surface area contributed by atoms with Gasteiger partial charge < -0.3 is 48.1 Å². The van der Waals surface area contributed by atoms with E-state index in [9.17, 15) is 0 Å². The van der Waals surface area contributed by atoms with Gasteiger partial charge >= 0.3 is 0 Å². The molecular weight excluding hydrogens is 1410 g/mol. The summed E-state index contributed by atoms with van der Waals surface area (Å²) in [6.45, 7) is 59.3. The first-order valence-corrected chi connectivity index (χ1v) is 42.7. The monoisotopic (exact) mass is 1540 g/mol. The summed E-state index contributed by atoms with van der Waals surface area (Å²) >= 11 is 0. The second-order valence-electron chi connectivity index (χ2n) is 34.6. The topological polar surface area (TPSA) is 202 Å². The van der Waals surface area contributed by atoms with Crippen molar-refractivity contribution >= 4 is 17.1 Å². The minimum atomic E-state index is 0.255. The second kappa shape index (κ2) is 40.7. The Balaban J connectivity index is 0.000000122. The van der Waals surface area contributed by atoms with Crippen LogP contribution in [0, 0.1) is 0 Å². The van der Waals surface area contributed by atoms with Gasteiger partial charge in [0.25, 0.3) is 0 Å². The number of rotatable bonds is 15. The molecule has 0 saturated carbocycles. The van der Waals surface area contributed by atoms with Crippen molar-refractivity contribution in [1.29, 1.82) is 0 Å². The van der Waals surface area contributed by atoms with Gasteiger partial charge in [0.2, 0.25) is 0 Å². The molecule has 25 nitrogen and oxygen atoms in total. The first-order chi connectivity index (χ1) is 54.1. The third kappa shape index (κ3) is 22.7. The van der Waals surface area contributed by atoms with Crippen LogP contribution < -0.4 is 14.7 Å². The molecule has 0 spiro atoms. The summed E-state index contributed by atoms with van der Waals surface area (Å²) in [6, 6.07) is 23.1. The predicted octanol–water partition coefficient (Wildman–Crippen LogP) is 11.4. The van der Waals surface area contributed by atoms with Crippen LogP contribution in [0.2, 0.25) is 0 Å². The van der Waals surface area contributed by atoms with Crippen molar-refractivity contribution in [3.05, 3.63) is 142 Å². The van der Waals surface area contributed by atoms with Gasteiger partial charge in [0.15, 0.2) is 0 Å². The van der Waals surface area contributed by atoms with Gasteiger partial charge in [0.05, 0.1) is 167 Å². The van der Waals surface area contributed by atoms with Crippen molar-refractivity contribution in [2.24, 2.45) is 0 Å². The van der Waals surface area contributed by atoms with Crippen LogP contribution in [0.4, 0.5) is 17.1 Å². The molecule has 0 aliphatic carbocycles. The first-order valence-electron chi connectivity index (χ1n) is 42.7. The number of imidazole rings is 1. The minimum absolute atomic E-state index is 0.255. The number of fused-ring (bicyclic) bond motifs is 6. The molecule has 112 heavy (non-hydrogen) atoms. The Morgan fingerprint density at radius 2 is 0.848 bits per heavy atom. The van der Waals surface area contributed by atoms with Crippen molar-refractivity contribution in [1.82, 2.24) is 78.3 Å². The molecule has 0 aromatic carbocycles. The van der Waals surface area contributed by atoms with E-state index in [1.807, 2.05) is 12.4 Å². The van der Waals surface area contributed by atoms with E-state index < -0.39 is 0 Å². The summed E-state index contributed by atoms with van der Waals surface area (Å²) in [5.41, 5.74) is 16.0. The summed E-state index contributed by atoms with van der Waals surface area (Å²) in [4.78, 5) is 38.1. The van der Waals surface area contributed by atoms with E-state index in [-0.39, 0.29) is 6.61 Å². The lowest BCUT2D eigenvalue weighted by molar-refractivity contribution is -0.0735. The highest BCUT2D eigenvalue weighted by Gasteiger charge is 2.43. The van der Waals surface area contributed by atoms with Gasteiger partial charge in [-0.3, -0.25) is 53.5 Å². The molecule has 18 heterocycles. The molecule has 616 valence electrons. The van der Waals surface area contributed by atoms with Crippen molar-refractivity contribution in [3.63, 3.8) is 0 Å². The van der Waals surface area contributed by atoms with E-state index in [4.69, 9.17) is 28.8 Å². The number of anilines is 3. The standard InChI is InChI=1S/C17H25N3O.C16H25N3O.C14H23N3O.C12H19N3O.C10H17N3.2C9H14N2O/c1-12(2)17-6-5-13(7-18-17)20-14-3-4-15(20)9-19(8-14)16-10-21-11-16;1-13(2)16-4-3-14(11-17-16)18-6-8-19(9-7-18)15-5-10-20-12-15;1-12(2)14-4-3-13(11-15-14)17-7-5-16(6-8-17)9-10-18;1-9(2)12-5-10-6-14(11-7-16-8-11)3-4-15(10)13-12;1-8(2)10-6-9-7-12(3)4-5-13(9)11-10;1-7(2)8-5-11-3-4-12-6-9(11)10-8;1-7(2)9-5-8-6-12-4-3-11(8)10-9/h5-7,12,14-16H,3-4,8-11H2,1-2H3;3-4,11,13,15H,5-10,12H2,1-2H3;3-4,11-12,18H,5-10H2,1-2H3;5,9,11H,3-4,6-8H2,1-2H3;6,8H,4-5,7H2,1-3H3;2*5,7H,3-4,6H2,1-2H3. The zero-order chi connectivity index (χ0) is 79.0. The Morgan fingerprint density at radius 3 is 1.31 bits per heavy atom. The molecule has 11 aliphatic heterocycles. The summed E-state index contributed by atoms with van der Waals surface area (Å²) < 4.78 is 35.3. The quantitative estimate of drug-likeness (QED) is 0.101. The Bertz CT molecular complexity index is 3800. The van der Waals surface area contributed by atoms with Crippen LogP contribution in [-0.4, -0.2) is 265 Å². The number of β-amino-alcohol motifs (C(OH)–C–C–N with tert-alkyl or cyclic N) is 1. The molecule has 1 N–H and O–H groups in total. The number of hydrogen-bond donors (Lipinski definition) is 1. The molecule has 0 amide bonds. The second-order valence-corrected chi connectivity index (χ2v) is 34.6. The fourth-order valence-electron chi connectivity index (χ4n) is 16.2. The van der Waals surface area contributed by atoms with Crippen molar-refractivity contribution in [3.8, 4) is 0 Å². The maximum Gasteiger partial charge on any atom is 0.135 e. The molecular formula is C87H137N19O6. The van der Waals surface area contributed by atoms with Gasteiger partial charge in [-0.15, -0.1) is 0 Å². The maximum atomic E-state index is 8.92. The zero-order valence-electron chi connectivity index (χ0n) is 70.8. The number of hydrogen-bond acceptors (Lipinski definition) is 21. The number of likely N-dealkylation sites (tertiary alicyclic amines) is 1. The number of pyridine rings is 3. The smallest absolute Gasteiger partial charge is 0.135 e. The van der Waals surface area contributed by atoms with E-state index in [0.717, 1.165) is 182 Å². The molecule has 3 unspecified atom stereocenters. The highest BCUT2D eigenvalue weighted by molar-refractivity contribution is 5.50. The number of nitrogens with zero attached hydrogens (tertiary/aromatic N) is 19. The van der Waals surface area contributed by atoms with E-state index >= 15 is 0 Å². The molecule has 7 aromatic heterocycles. The van der Waals surface area contributed by atoms with Crippen LogP contribution in [0.1, 0.15) is 220 Å². The number of piperazine rings is 3. The van der Waals surface area contributed by atoms with Gasteiger partial charge in [-0.1, -0.05) is 96.9 Å². The zero-order valence-corrected chi connectivity index (χ0v) is 70.8. The van der Waals surface area contributed by atoms with Gasteiger partial charge in [-0.05, 0) is 122 Å². The van der Waals surface area contributed by atoms with Gasteiger partial charge in [-0.25, -0.2) is 4.98 Å². The van der Waals surface area contributed by atoms with E-state index in [1.165, 1.54) is 101 Å². The minimum Gasteiger partial charge on any atom is -0.395 e. The Hall–Kier alpha value is -6.75.